The van der Waals surface area contributed by atoms with Crippen molar-refractivity contribution in [3.05, 3.63) is 39.7 Å². The van der Waals surface area contributed by atoms with Crippen LogP contribution in [0.4, 0.5) is 8.78 Å². The minimum atomic E-state index is -1.13. The fraction of sp³-hybridized carbons (Fsp3) is 0.353. The number of ether oxygens (including phenoxy) is 1. The van der Waals surface area contributed by atoms with E-state index >= 15 is 0 Å². The molecule has 0 unspecified atom stereocenters. The van der Waals surface area contributed by atoms with Crippen LogP contribution in [0.2, 0.25) is 0 Å². The monoisotopic (exact) mass is 365 g/mol. The molecule has 2 aromatic rings. The van der Waals surface area contributed by atoms with Gasteiger partial charge in [-0.15, -0.1) is 0 Å². The zero-order valence-electron chi connectivity index (χ0n) is 14.0. The van der Waals surface area contributed by atoms with Gasteiger partial charge in [-0.3, -0.25) is 4.79 Å². The molecule has 0 radical (unpaired) electrons. The van der Waals surface area contributed by atoms with Crippen LogP contribution >= 0.6 is 11.8 Å². The summed E-state index contributed by atoms with van der Waals surface area (Å²) >= 11 is 1.16. The first-order valence-corrected chi connectivity index (χ1v) is 8.80. The van der Waals surface area contributed by atoms with Crippen molar-refractivity contribution in [2.45, 2.75) is 25.4 Å². The Morgan fingerprint density at radius 3 is 2.72 bits per heavy atom. The van der Waals surface area contributed by atoms with Crippen LogP contribution < -0.4 is 10.3 Å². The molecule has 0 aliphatic rings. The summed E-state index contributed by atoms with van der Waals surface area (Å²) in [6.45, 7) is 4.20. The summed E-state index contributed by atoms with van der Waals surface area (Å²) in [6, 6.07) is 3.91. The molecule has 2 rings (SSSR count). The van der Waals surface area contributed by atoms with Crippen LogP contribution in [-0.4, -0.2) is 22.8 Å². The molecule has 1 aromatic heterocycles. The molecule has 0 fully saturated rings. The molecule has 0 aliphatic carbocycles. The molecular formula is C17H17F2N3O2S. The predicted molar refractivity (Wildman–Crippen MR) is 91.7 cm³/mol. The van der Waals surface area contributed by atoms with E-state index in [1.165, 1.54) is 6.07 Å². The van der Waals surface area contributed by atoms with Crippen LogP contribution in [0.25, 0.3) is 11.3 Å². The Balaban J connectivity index is 2.53. The van der Waals surface area contributed by atoms with E-state index in [1.807, 2.05) is 13.8 Å². The second-order valence-corrected chi connectivity index (χ2v) is 6.51. The van der Waals surface area contributed by atoms with Crippen LogP contribution in [0.5, 0.6) is 5.75 Å². The third-order valence-corrected chi connectivity index (χ3v) is 4.00. The molecule has 0 saturated carbocycles. The largest absolute Gasteiger partial charge is 0.490 e. The molecule has 132 valence electrons. The summed E-state index contributed by atoms with van der Waals surface area (Å²) in [5, 5.41) is 9.47. The van der Waals surface area contributed by atoms with Gasteiger partial charge in [0.05, 0.1) is 12.3 Å². The van der Waals surface area contributed by atoms with E-state index in [0.29, 0.717) is 12.3 Å². The maximum absolute atomic E-state index is 14.0. The Kier molecular flexibility index (Phi) is 6.15. The lowest BCUT2D eigenvalue weighted by Crippen LogP contribution is -2.15. The van der Waals surface area contributed by atoms with Crippen molar-refractivity contribution >= 4 is 11.8 Å². The van der Waals surface area contributed by atoms with Gasteiger partial charge in [-0.05, 0) is 30.7 Å². The van der Waals surface area contributed by atoms with Crippen LogP contribution in [-0.2, 0) is 0 Å². The quantitative estimate of drug-likeness (QED) is 0.623. The topological polar surface area (TPSA) is 78.8 Å². The minimum Gasteiger partial charge on any atom is -0.490 e. The number of hydrogen-bond acceptors (Lipinski definition) is 5. The van der Waals surface area contributed by atoms with Crippen LogP contribution in [0, 0.1) is 28.9 Å². The number of halogens is 2. The van der Waals surface area contributed by atoms with Crippen molar-refractivity contribution in [3.63, 3.8) is 0 Å². The second kappa shape index (κ2) is 8.12. The van der Waals surface area contributed by atoms with E-state index in [9.17, 15) is 18.8 Å². The minimum absolute atomic E-state index is 0.0109. The van der Waals surface area contributed by atoms with Crippen LogP contribution in [0.1, 0.15) is 25.8 Å². The van der Waals surface area contributed by atoms with Gasteiger partial charge in [-0.1, -0.05) is 25.6 Å². The van der Waals surface area contributed by atoms with Gasteiger partial charge in [0.15, 0.2) is 16.7 Å². The van der Waals surface area contributed by atoms with Crippen molar-refractivity contribution in [3.8, 4) is 23.1 Å². The van der Waals surface area contributed by atoms with Crippen molar-refractivity contribution < 1.29 is 13.5 Å². The number of nitriles is 1. The molecule has 0 spiro atoms. The summed E-state index contributed by atoms with van der Waals surface area (Å²) < 4.78 is 33.3. The molecule has 0 bridgehead atoms. The molecule has 0 atom stereocenters. The Bertz CT molecular complexity index is 875. The number of thioether (sulfide) groups is 1. The number of nitrogens with zero attached hydrogens (tertiary/aromatic N) is 2. The van der Waals surface area contributed by atoms with Gasteiger partial charge < -0.3 is 9.72 Å². The third kappa shape index (κ3) is 4.37. The summed E-state index contributed by atoms with van der Waals surface area (Å²) in [7, 11) is 0. The van der Waals surface area contributed by atoms with E-state index in [2.05, 4.69) is 9.97 Å². The number of rotatable bonds is 6. The fourth-order valence-corrected chi connectivity index (χ4v) is 2.45. The zero-order chi connectivity index (χ0) is 18.6. The van der Waals surface area contributed by atoms with Crippen LogP contribution in [0.15, 0.2) is 22.1 Å². The van der Waals surface area contributed by atoms with E-state index in [-0.39, 0.29) is 34.3 Å². The number of aromatic nitrogens is 2. The van der Waals surface area contributed by atoms with Gasteiger partial charge in [0.1, 0.15) is 11.6 Å². The lowest BCUT2D eigenvalue weighted by atomic mass is 10.1. The van der Waals surface area contributed by atoms with Gasteiger partial charge in [-0.25, -0.2) is 9.37 Å². The Morgan fingerprint density at radius 2 is 2.12 bits per heavy atom. The average molecular weight is 365 g/mol. The number of nitrogens with one attached hydrogen (secondary N) is 1. The highest BCUT2D eigenvalue weighted by atomic mass is 32.2. The maximum Gasteiger partial charge on any atom is 0.270 e. The zero-order valence-corrected chi connectivity index (χ0v) is 14.8. The molecule has 25 heavy (non-hydrogen) atoms. The van der Waals surface area contributed by atoms with E-state index < -0.39 is 17.2 Å². The van der Waals surface area contributed by atoms with E-state index in [4.69, 9.17) is 4.74 Å². The molecule has 0 amide bonds. The summed E-state index contributed by atoms with van der Waals surface area (Å²) in [6.07, 6.45) is 2.37. The highest BCUT2D eigenvalue weighted by molar-refractivity contribution is 7.98. The molecule has 5 nitrogen and oxygen atoms in total. The standard InChI is InChI=1S/C17H17F2N3O2S/c1-9(2)4-5-24-13-7-10(6-12(18)14(13)19)15-11(8-20)16(23)22-17(21-15)25-3/h6-7,9H,4-5H2,1-3H3,(H,21,22,23). The van der Waals surface area contributed by atoms with Crippen molar-refractivity contribution in [1.82, 2.24) is 9.97 Å². The number of H-pyrrole nitrogens is 1. The molecule has 1 N–H and O–H groups in total. The van der Waals surface area contributed by atoms with Crippen molar-refractivity contribution in [2.24, 2.45) is 5.92 Å². The maximum atomic E-state index is 14.0. The first-order chi connectivity index (χ1) is 11.9. The SMILES string of the molecule is CSc1nc(-c2cc(F)c(F)c(OCCC(C)C)c2)c(C#N)c(=O)[nH]1. The molecule has 0 saturated heterocycles. The molecule has 1 aromatic carbocycles. The first-order valence-electron chi connectivity index (χ1n) is 7.58. The van der Waals surface area contributed by atoms with E-state index in [0.717, 1.165) is 17.8 Å². The number of hydrogen-bond donors (Lipinski definition) is 1. The van der Waals surface area contributed by atoms with E-state index in [1.54, 1.807) is 12.3 Å². The Morgan fingerprint density at radius 1 is 1.40 bits per heavy atom. The lowest BCUT2D eigenvalue weighted by Gasteiger charge is -2.12. The van der Waals surface area contributed by atoms with Gasteiger partial charge in [-0.2, -0.15) is 9.65 Å². The predicted octanol–water partition coefficient (Wildman–Crippen LogP) is 3.73. The Hall–Kier alpha value is -2.40. The summed E-state index contributed by atoms with van der Waals surface area (Å²) in [5.74, 6) is -2.17. The average Bonchev–Trinajstić information content (AvgIpc) is 2.57. The first kappa shape index (κ1) is 18.9. The normalized spacial score (nSPS) is 10.8. The van der Waals surface area contributed by atoms with Crippen molar-refractivity contribution in [1.29, 1.82) is 5.26 Å². The lowest BCUT2D eigenvalue weighted by molar-refractivity contribution is 0.272. The van der Waals surface area contributed by atoms with Gasteiger partial charge in [0, 0.05) is 5.56 Å². The third-order valence-electron chi connectivity index (χ3n) is 3.42. The highest BCUT2D eigenvalue weighted by Crippen LogP contribution is 2.29. The number of benzene rings is 1. The number of aromatic amines is 1. The van der Waals surface area contributed by atoms with Crippen LogP contribution in [0.3, 0.4) is 0 Å². The Labute approximate surface area is 148 Å². The molecule has 1 heterocycles. The molecular weight excluding hydrogens is 348 g/mol. The van der Waals surface area contributed by atoms with Gasteiger partial charge in [0.2, 0.25) is 5.82 Å². The fourth-order valence-electron chi connectivity index (χ4n) is 2.07. The smallest absolute Gasteiger partial charge is 0.270 e. The molecule has 0 aliphatic heterocycles. The summed E-state index contributed by atoms with van der Waals surface area (Å²) in [4.78, 5) is 18.6. The van der Waals surface area contributed by atoms with Gasteiger partial charge in [0.25, 0.3) is 5.56 Å². The highest BCUT2D eigenvalue weighted by Gasteiger charge is 2.18. The van der Waals surface area contributed by atoms with Crippen molar-refractivity contribution in [2.75, 3.05) is 12.9 Å². The van der Waals surface area contributed by atoms with Gasteiger partial charge >= 0.3 is 0 Å². The summed E-state index contributed by atoms with van der Waals surface area (Å²) in [5.41, 5.74) is -0.805. The second-order valence-electron chi connectivity index (χ2n) is 5.71. The molecule has 8 heteroatoms.